The summed E-state index contributed by atoms with van der Waals surface area (Å²) < 4.78 is 5.51. The average Bonchev–Trinajstić information content (AvgIpc) is 3.49. The van der Waals surface area contributed by atoms with Gasteiger partial charge in [0.15, 0.2) is 0 Å². The third kappa shape index (κ3) is 4.42. The lowest BCUT2D eigenvalue weighted by molar-refractivity contribution is -0.139. The van der Waals surface area contributed by atoms with Crippen LogP contribution in [-0.2, 0) is 9.59 Å². The van der Waals surface area contributed by atoms with E-state index in [0.717, 1.165) is 16.2 Å². The summed E-state index contributed by atoms with van der Waals surface area (Å²) in [5, 5.41) is 4.63. The molecule has 2 aliphatic heterocycles. The fraction of sp³-hybridized carbons (Fsp3) is 0.286. The molecule has 0 spiro atoms. The van der Waals surface area contributed by atoms with Gasteiger partial charge in [0.1, 0.15) is 24.4 Å². The highest BCUT2D eigenvalue weighted by Crippen LogP contribution is 2.32. The van der Waals surface area contributed by atoms with Gasteiger partial charge in [0.2, 0.25) is 0 Å². The quantitative estimate of drug-likeness (QED) is 0.617. The predicted molar refractivity (Wildman–Crippen MR) is 118 cm³/mol. The number of halogens is 1. The Morgan fingerprint density at radius 3 is 2.68 bits per heavy atom. The standard InChI is InChI=1S/C21H21ClN4O4S/c1-31-10-8-15-20(28)25(21(29)23-15)12-19(27)26-17(18-3-2-9-30-18)11-16(24-26)13-4-6-14(22)7-5-13/h2-7,9,11,15,17,24H,8,10,12H2,1H3,(H,23,29)/t15-,17+/m0/s1. The highest BCUT2D eigenvalue weighted by atomic mass is 35.5. The van der Waals surface area contributed by atoms with E-state index in [9.17, 15) is 14.4 Å². The van der Waals surface area contributed by atoms with Gasteiger partial charge >= 0.3 is 6.03 Å². The Kier molecular flexibility index (Phi) is 6.24. The zero-order chi connectivity index (χ0) is 22.0. The second-order valence-electron chi connectivity index (χ2n) is 7.13. The van der Waals surface area contributed by atoms with Crippen molar-refractivity contribution in [3.8, 4) is 0 Å². The topological polar surface area (TPSA) is 94.9 Å². The molecule has 1 fully saturated rings. The predicted octanol–water partition coefficient (Wildman–Crippen LogP) is 3.04. The summed E-state index contributed by atoms with van der Waals surface area (Å²) in [6.07, 6.45) is 5.84. The van der Waals surface area contributed by atoms with E-state index in [1.54, 1.807) is 36.0 Å². The minimum absolute atomic E-state index is 0.369. The summed E-state index contributed by atoms with van der Waals surface area (Å²) in [6.45, 7) is -0.369. The van der Waals surface area contributed by atoms with Crippen molar-refractivity contribution in [3.63, 3.8) is 0 Å². The maximum atomic E-state index is 13.1. The van der Waals surface area contributed by atoms with Gasteiger partial charge in [-0.15, -0.1) is 0 Å². The lowest BCUT2D eigenvalue weighted by Gasteiger charge is -2.25. The molecule has 0 bridgehead atoms. The summed E-state index contributed by atoms with van der Waals surface area (Å²) in [5.74, 6) is 0.476. The van der Waals surface area contributed by atoms with E-state index in [-0.39, 0.29) is 12.5 Å². The third-order valence-electron chi connectivity index (χ3n) is 5.11. The van der Waals surface area contributed by atoms with Crippen LogP contribution in [0.5, 0.6) is 0 Å². The molecule has 2 aromatic rings. The van der Waals surface area contributed by atoms with Crippen molar-refractivity contribution in [1.82, 2.24) is 20.7 Å². The minimum atomic E-state index is -0.595. The maximum absolute atomic E-state index is 13.1. The number of urea groups is 1. The first-order valence-electron chi connectivity index (χ1n) is 9.68. The number of nitrogens with zero attached hydrogens (tertiary/aromatic N) is 2. The normalized spacial score (nSPS) is 20.6. The molecule has 8 nitrogen and oxygen atoms in total. The van der Waals surface area contributed by atoms with Crippen molar-refractivity contribution in [1.29, 1.82) is 0 Å². The first kappa shape index (κ1) is 21.3. The summed E-state index contributed by atoms with van der Waals surface area (Å²) in [7, 11) is 0. The van der Waals surface area contributed by atoms with E-state index in [2.05, 4.69) is 10.7 Å². The van der Waals surface area contributed by atoms with Crippen LogP contribution in [0.1, 0.15) is 23.8 Å². The van der Waals surface area contributed by atoms with Crippen molar-refractivity contribution in [2.75, 3.05) is 18.6 Å². The molecule has 4 rings (SSSR count). The highest BCUT2D eigenvalue weighted by molar-refractivity contribution is 7.98. The van der Waals surface area contributed by atoms with Crippen molar-refractivity contribution in [3.05, 3.63) is 65.1 Å². The van der Waals surface area contributed by atoms with Crippen LogP contribution in [0.15, 0.2) is 53.2 Å². The largest absolute Gasteiger partial charge is 0.467 e. The molecule has 0 radical (unpaired) electrons. The van der Waals surface area contributed by atoms with Crippen molar-refractivity contribution < 1.29 is 18.8 Å². The van der Waals surface area contributed by atoms with Gasteiger partial charge in [-0.25, -0.2) is 9.80 Å². The lowest BCUT2D eigenvalue weighted by atomic mass is 10.1. The fourth-order valence-corrected chi connectivity index (χ4v) is 4.11. The van der Waals surface area contributed by atoms with E-state index < -0.39 is 24.0 Å². The molecule has 31 heavy (non-hydrogen) atoms. The molecule has 0 aliphatic carbocycles. The van der Waals surface area contributed by atoms with Gasteiger partial charge in [-0.3, -0.25) is 19.9 Å². The maximum Gasteiger partial charge on any atom is 0.325 e. The number of hydrogen-bond donors (Lipinski definition) is 2. The molecular weight excluding hydrogens is 440 g/mol. The van der Waals surface area contributed by atoms with Gasteiger partial charge in [-0.1, -0.05) is 23.7 Å². The van der Waals surface area contributed by atoms with E-state index in [1.165, 1.54) is 11.3 Å². The fourth-order valence-electron chi connectivity index (χ4n) is 3.52. The summed E-state index contributed by atoms with van der Waals surface area (Å²) in [5.41, 5.74) is 4.62. The molecule has 1 saturated heterocycles. The Bertz CT molecular complexity index is 1010. The number of imide groups is 1. The van der Waals surface area contributed by atoms with Crippen LogP contribution >= 0.6 is 23.4 Å². The van der Waals surface area contributed by atoms with E-state index in [4.69, 9.17) is 16.0 Å². The van der Waals surface area contributed by atoms with Crippen molar-refractivity contribution >= 4 is 46.9 Å². The molecule has 1 aromatic heterocycles. The molecule has 2 aliphatic rings. The van der Waals surface area contributed by atoms with Crippen LogP contribution in [0.25, 0.3) is 5.70 Å². The second kappa shape index (κ2) is 9.07. The molecule has 3 heterocycles. The Balaban J connectivity index is 1.52. The van der Waals surface area contributed by atoms with Gasteiger partial charge in [0.25, 0.3) is 11.8 Å². The monoisotopic (exact) mass is 460 g/mol. The zero-order valence-electron chi connectivity index (χ0n) is 16.7. The van der Waals surface area contributed by atoms with Crippen LogP contribution in [-0.4, -0.2) is 52.3 Å². The SMILES string of the molecule is CSCC[C@@H]1NC(=O)N(CC(=O)N2NC(c3ccc(Cl)cc3)=C[C@@H]2c2ccco2)C1=O. The molecule has 162 valence electrons. The number of benzene rings is 1. The Morgan fingerprint density at radius 1 is 1.23 bits per heavy atom. The number of hydrogen-bond acceptors (Lipinski definition) is 6. The highest BCUT2D eigenvalue weighted by Gasteiger charge is 2.41. The minimum Gasteiger partial charge on any atom is -0.467 e. The second-order valence-corrected chi connectivity index (χ2v) is 8.55. The number of amides is 4. The molecule has 1 aromatic carbocycles. The number of carbonyl (C=O) groups is 3. The average molecular weight is 461 g/mol. The van der Waals surface area contributed by atoms with Crippen molar-refractivity contribution in [2.45, 2.75) is 18.5 Å². The van der Waals surface area contributed by atoms with Crippen LogP contribution in [0, 0.1) is 0 Å². The smallest absolute Gasteiger partial charge is 0.325 e. The molecule has 10 heteroatoms. The first-order valence-corrected chi connectivity index (χ1v) is 11.5. The van der Waals surface area contributed by atoms with E-state index >= 15 is 0 Å². The number of carbonyl (C=O) groups excluding carboxylic acids is 3. The molecule has 0 unspecified atom stereocenters. The number of thioether (sulfide) groups is 1. The Labute approximate surface area is 188 Å². The van der Waals surface area contributed by atoms with Gasteiger partial charge in [-0.05, 0) is 54.3 Å². The van der Waals surface area contributed by atoms with Gasteiger partial charge < -0.3 is 9.73 Å². The summed E-state index contributed by atoms with van der Waals surface area (Å²) in [6, 6.07) is 9.01. The molecule has 0 saturated carbocycles. The van der Waals surface area contributed by atoms with E-state index in [0.29, 0.717) is 22.9 Å². The Morgan fingerprint density at radius 2 is 2.00 bits per heavy atom. The molecule has 2 N–H and O–H groups in total. The Hall–Kier alpha value is -2.91. The number of nitrogens with one attached hydrogen (secondary N) is 2. The van der Waals surface area contributed by atoms with E-state index in [1.807, 2.05) is 24.5 Å². The number of hydrazine groups is 1. The molecule has 4 amide bonds. The van der Waals surface area contributed by atoms with Gasteiger partial charge in [-0.2, -0.15) is 11.8 Å². The lowest BCUT2D eigenvalue weighted by Crippen LogP contribution is -2.47. The first-order chi connectivity index (χ1) is 15.0. The molecule has 2 atom stereocenters. The summed E-state index contributed by atoms with van der Waals surface area (Å²) >= 11 is 7.57. The van der Waals surface area contributed by atoms with Gasteiger partial charge in [0, 0.05) is 5.02 Å². The van der Waals surface area contributed by atoms with Crippen LogP contribution < -0.4 is 10.7 Å². The summed E-state index contributed by atoms with van der Waals surface area (Å²) in [4.78, 5) is 39.0. The van der Waals surface area contributed by atoms with Crippen LogP contribution in [0.3, 0.4) is 0 Å². The number of rotatable bonds is 7. The van der Waals surface area contributed by atoms with Crippen LogP contribution in [0.2, 0.25) is 5.02 Å². The van der Waals surface area contributed by atoms with Gasteiger partial charge in [0.05, 0.1) is 12.0 Å². The van der Waals surface area contributed by atoms with Crippen LogP contribution in [0.4, 0.5) is 4.79 Å². The number of furan rings is 1. The third-order valence-corrected chi connectivity index (χ3v) is 6.01. The zero-order valence-corrected chi connectivity index (χ0v) is 18.3. The molecular formula is C21H21ClN4O4S. The van der Waals surface area contributed by atoms with Crippen molar-refractivity contribution in [2.24, 2.45) is 0 Å².